The molecule has 2 aromatic carbocycles. The summed E-state index contributed by atoms with van der Waals surface area (Å²) < 4.78 is 1.16. The van der Waals surface area contributed by atoms with Crippen molar-refractivity contribution >= 4 is 34.4 Å². The van der Waals surface area contributed by atoms with Crippen LogP contribution in [0.4, 0.5) is 5.69 Å². The molecule has 0 radical (unpaired) electrons. The molecule has 24 heavy (non-hydrogen) atoms. The highest BCUT2D eigenvalue weighted by atomic mass is 35.5. The quantitative estimate of drug-likeness (QED) is 0.415. The maximum Gasteiger partial charge on any atom is 0.288 e. The topological polar surface area (TPSA) is 90.4 Å². The summed E-state index contributed by atoms with van der Waals surface area (Å²) in [6, 6.07) is 11.2. The summed E-state index contributed by atoms with van der Waals surface area (Å²) in [5.74, 6) is 0.415. The molecule has 0 unspecified atom stereocenters. The van der Waals surface area contributed by atoms with Crippen molar-refractivity contribution in [1.82, 2.24) is 9.66 Å². The number of nitrogens with zero attached hydrogens (tertiary/aromatic N) is 4. The lowest BCUT2D eigenvalue weighted by Gasteiger charge is -2.05. The minimum absolute atomic E-state index is 0.0397. The number of fused-ring (bicyclic) bond motifs is 1. The molecule has 0 aliphatic heterocycles. The molecular formula is C16H11ClN4O3. The zero-order valence-corrected chi connectivity index (χ0v) is 13.3. The Labute approximate surface area is 141 Å². The molecule has 0 bridgehead atoms. The van der Waals surface area contributed by atoms with Gasteiger partial charge in [0, 0.05) is 11.6 Å². The van der Waals surface area contributed by atoms with Gasteiger partial charge in [0.1, 0.15) is 10.8 Å². The van der Waals surface area contributed by atoms with Crippen LogP contribution in [-0.4, -0.2) is 20.8 Å². The van der Waals surface area contributed by atoms with E-state index in [2.05, 4.69) is 10.1 Å². The van der Waals surface area contributed by atoms with Gasteiger partial charge in [-0.05, 0) is 25.1 Å². The van der Waals surface area contributed by atoms with Crippen molar-refractivity contribution in [3.63, 3.8) is 0 Å². The third kappa shape index (κ3) is 2.89. The summed E-state index contributed by atoms with van der Waals surface area (Å²) in [6.07, 6.45) is 1.36. The molecule has 0 aliphatic carbocycles. The molecule has 0 atom stereocenters. The van der Waals surface area contributed by atoms with Gasteiger partial charge in [-0.1, -0.05) is 29.8 Å². The Morgan fingerprint density at radius 2 is 2.04 bits per heavy atom. The molecule has 8 heteroatoms. The number of nitro benzene ring substituents is 1. The first kappa shape index (κ1) is 15.8. The number of hydrogen-bond donors (Lipinski definition) is 0. The Bertz CT molecular complexity index is 1040. The first-order valence-electron chi connectivity index (χ1n) is 6.94. The minimum atomic E-state index is -0.575. The van der Waals surface area contributed by atoms with Crippen molar-refractivity contribution in [2.75, 3.05) is 0 Å². The normalized spacial score (nSPS) is 11.2. The van der Waals surface area contributed by atoms with Crippen molar-refractivity contribution in [2.45, 2.75) is 6.92 Å². The SMILES string of the molecule is Cc1nc2ccccc2c(=O)n1/N=C/c1ccc(Cl)c([N+](=O)[O-])c1. The van der Waals surface area contributed by atoms with Gasteiger partial charge < -0.3 is 0 Å². The number of aryl methyl sites for hydroxylation is 1. The Kier molecular flexibility index (Phi) is 4.09. The minimum Gasteiger partial charge on any atom is -0.267 e. The van der Waals surface area contributed by atoms with Gasteiger partial charge in [0.05, 0.1) is 22.0 Å². The van der Waals surface area contributed by atoms with E-state index in [1.807, 2.05) is 0 Å². The molecule has 0 spiro atoms. The summed E-state index contributed by atoms with van der Waals surface area (Å²) in [7, 11) is 0. The molecule has 0 saturated carbocycles. The second-order valence-electron chi connectivity index (χ2n) is 5.01. The number of hydrogen-bond acceptors (Lipinski definition) is 5. The van der Waals surface area contributed by atoms with Gasteiger partial charge in [0.15, 0.2) is 0 Å². The molecule has 1 aromatic heterocycles. The zero-order chi connectivity index (χ0) is 17.3. The lowest BCUT2D eigenvalue weighted by molar-refractivity contribution is -0.384. The first-order chi connectivity index (χ1) is 11.5. The molecule has 0 saturated heterocycles. The third-order valence-electron chi connectivity index (χ3n) is 3.40. The third-order valence-corrected chi connectivity index (χ3v) is 3.72. The Hall–Kier alpha value is -3.06. The number of aromatic nitrogens is 2. The van der Waals surface area contributed by atoms with E-state index < -0.39 is 4.92 Å². The van der Waals surface area contributed by atoms with Gasteiger partial charge in [0.2, 0.25) is 0 Å². The number of halogens is 1. The molecule has 3 rings (SSSR count). The van der Waals surface area contributed by atoms with Crippen LogP contribution in [0.5, 0.6) is 0 Å². The molecule has 7 nitrogen and oxygen atoms in total. The van der Waals surface area contributed by atoms with E-state index in [9.17, 15) is 14.9 Å². The van der Waals surface area contributed by atoms with Crippen molar-refractivity contribution in [2.24, 2.45) is 5.10 Å². The standard InChI is InChI=1S/C16H11ClN4O3/c1-10-19-14-5-3-2-4-12(14)16(22)20(10)18-9-11-6-7-13(17)15(8-11)21(23)24/h2-9H,1H3/b18-9+. The van der Waals surface area contributed by atoms with Crippen molar-refractivity contribution in [1.29, 1.82) is 0 Å². The summed E-state index contributed by atoms with van der Waals surface area (Å²) in [6.45, 7) is 1.66. The molecule has 1 heterocycles. The van der Waals surface area contributed by atoms with E-state index in [-0.39, 0.29) is 16.3 Å². The van der Waals surface area contributed by atoms with Crippen LogP contribution in [-0.2, 0) is 0 Å². The Balaban J connectivity index is 2.07. The molecule has 0 aliphatic rings. The average Bonchev–Trinajstić information content (AvgIpc) is 2.55. The summed E-state index contributed by atoms with van der Waals surface area (Å²) in [5.41, 5.74) is 0.512. The van der Waals surface area contributed by atoms with Gasteiger partial charge in [0.25, 0.3) is 11.2 Å². The Morgan fingerprint density at radius 3 is 2.79 bits per heavy atom. The maximum absolute atomic E-state index is 12.5. The van der Waals surface area contributed by atoms with Crippen molar-refractivity contribution in [3.05, 3.63) is 79.3 Å². The fourth-order valence-corrected chi connectivity index (χ4v) is 2.43. The van der Waals surface area contributed by atoms with E-state index in [0.717, 1.165) is 4.68 Å². The first-order valence-corrected chi connectivity index (χ1v) is 7.32. The fourth-order valence-electron chi connectivity index (χ4n) is 2.25. The lowest BCUT2D eigenvalue weighted by Crippen LogP contribution is -2.20. The number of nitro groups is 1. The predicted molar refractivity (Wildman–Crippen MR) is 91.8 cm³/mol. The molecule has 120 valence electrons. The molecule has 0 N–H and O–H groups in total. The highest BCUT2D eigenvalue weighted by Crippen LogP contribution is 2.24. The van der Waals surface area contributed by atoms with Gasteiger partial charge in [-0.25, -0.2) is 4.98 Å². The van der Waals surface area contributed by atoms with Gasteiger partial charge in [-0.15, -0.1) is 0 Å². The van der Waals surface area contributed by atoms with E-state index in [1.165, 1.54) is 18.3 Å². The average molecular weight is 343 g/mol. The van der Waals surface area contributed by atoms with Crippen LogP contribution in [0.1, 0.15) is 11.4 Å². The van der Waals surface area contributed by atoms with E-state index >= 15 is 0 Å². The van der Waals surface area contributed by atoms with Crippen LogP contribution < -0.4 is 5.56 Å². The number of rotatable bonds is 3. The highest BCUT2D eigenvalue weighted by Gasteiger charge is 2.12. The zero-order valence-electron chi connectivity index (χ0n) is 12.5. The van der Waals surface area contributed by atoms with E-state index in [4.69, 9.17) is 11.6 Å². The molecule has 0 fully saturated rings. The smallest absolute Gasteiger partial charge is 0.267 e. The maximum atomic E-state index is 12.5. The second kappa shape index (κ2) is 6.21. The predicted octanol–water partition coefficient (Wildman–Crippen LogP) is 3.15. The number of para-hydroxylation sites is 1. The largest absolute Gasteiger partial charge is 0.288 e. The molecular weight excluding hydrogens is 332 g/mol. The lowest BCUT2D eigenvalue weighted by atomic mass is 10.2. The Morgan fingerprint density at radius 1 is 1.29 bits per heavy atom. The highest BCUT2D eigenvalue weighted by molar-refractivity contribution is 6.32. The summed E-state index contributed by atoms with van der Waals surface area (Å²) in [4.78, 5) is 27.1. The summed E-state index contributed by atoms with van der Waals surface area (Å²) in [5, 5.41) is 15.5. The van der Waals surface area contributed by atoms with E-state index in [1.54, 1.807) is 37.3 Å². The van der Waals surface area contributed by atoms with Crippen molar-refractivity contribution < 1.29 is 4.92 Å². The van der Waals surface area contributed by atoms with E-state index in [0.29, 0.717) is 22.3 Å². The van der Waals surface area contributed by atoms with Crippen LogP contribution in [0.15, 0.2) is 52.4 Å². The summed E-state index contributed by atoms with van der Waals surface area (Å²) >= 11 is 5.77. The monoisotopic (exact) mass is 342 g/mol. The molecule has 0 amide bonds. The van der Waals surface area contributed by atoms with Crippen LogP contribution in [0.3, 0.4) is 0 Å². The van der Waals surface area contributed by atoms with Gasteiger partial charge in [-0.3, -0.25) is 14.9 Å². The second-order valence-corrected chi connectivity index (χ2v) is 5.41. The van der Waals surface area contributed by atoms with Crippen LogP contribution >= 0.6 is 11.6 Å². The van der Waals surface area contributed by atoms with Gasteiger partial charge >= 0.3 is 0 Å². The van der Waals surface area contributed by atoms with Crippen LogP contribution in [0, 0.1) is 17.0 Å². The van der Waals surface area contributed by atoms with Crippen LogP contribution in [0.2, 0.25) is 5.02 Å². The molecule has 3 aromatic rings. The number of benzene rings is 2. The van der Waals surface area contributed by atoms with Crippen molar-refractivity contribution in [3.8, 4) is 0 Å². The fraction of sp³-hybridized carbons (Fsp3) is 0.0625. The van der Waals surface area contributed by atoms with Gasteiger partial charge in [-0.2, -0.15) is 9.78 Å². The van der Waals surface area contributed by atoms with Crippen LogP contribution in [0.25, 0.3) is 10.9 Å².